The lowest BCUT2D eigenvalue weighted by atomic mass is 9.85. The number of anilines is 1. The second-order valence-electron chi connectivity index (χ2n) is 6.42. The molecule has 0 saturated carbocycles. The number of amides is 1. The Labute approximate surface area is 140 Å². The molecule has 1 aliphatic rings. The molecule has 122 valence electrons. The number of pyridine rings is 1. The maximum Gasteiger partial charge on any atom is 0.255 e. The predicted molar refractivity (Wildman–Crippen MR) is 95.1 cm³/mol. The molecule has 1 unspecified atom stereocenters. The maximum absolute atomic E-state index is 12.8. The van der Waals surface area contributed by atoms with Crippen LogP contribution >= 0.6 is 0 Å². The molecule has 0 bridgehead atoms. The summed E-state index contributed by atoms with van der Waals surface area (Å²) in [6.07, 6.45) is 6.58. The zero-order chi connectivity index (χ0) is 16.7. The van der Waals surface area contributed by atoms with Crippen molar-refractivity contribution in [1.82, 2.24) is 9.97 Å². The van der Waals surface area contributed by atoms with Crippen LogP contribution in [0.2, 0.25) is 0 Å². The molecule has 3 aromatic rings. The second kappa shape index (κ2) is 5.76. The zero-order valence-corrected chi connectivity index (χ0v) is 13.6. The topological polar surface area (TPSA) is 83.8 Å². The van der Waals surface area contributed by atoms with Gasteiger partial charge in [-0.05, 0) is 61.1 Å². The van der Waals surface area contributed by atoms with Gasteiger partial charge in [0.25, 0.3) is 5.91 Å². The summed E-state index contributed by atoms with van der Waals surface area (Å²) in [5.41, 5.74) is 11.8. The van der Waals surface area contributed by atoms with Gasteiger partial charge < -0.3 is 16.0 Å². The normalized spacial score (nSPS) is 16.8. The Balaban J connectivity index is 1.69. The molecule has 1 aliphatic carbocycles. The molecule has 5 heteroatoms. The van der Waals surface area contributed by atoms with Crippen molar-refractivity contribution >= 4 is 22.6 Å². The smallest absolute Gasteiger partial charge is 0.255 e. The largest absolute Gasteiger partial charge is 0.346 e. The van der Waals surface area contributed by atoms with Crippen LogP contribution in [0.5, 0.6) is 0 Å². The SMILES string of the molecule is Cc1cc2c(cc1C(=O)Nc1ccnc3[nH]ccc13)CCCC2N. The standard InChI is InChI=1S/C19H20N4O/c1-11-9-15-12(3-2-4-16(15)20)10-14(11)19(24)23-17-6-8-22-18-13(17)5-7-21-18/h5-10,16H,2-4,20H2,1H3,(H2,21,22,23,24). The number of benzene rings is 1. The number of carbonyl (C=O) groups excluding carboxylic acids is 1. The van der Waals surface area contributed by atoms with Crippen molar-refractivity contribution in [3.8, 4) is 0 Å². The van der Waals surface area contributed by atoms with Crippen molar-refractivity contribution in [3.05, 3.63) is 58.9 Å². The Morgan fingerprint density at radius 3 is 3.12 bits per heavy atom. The molecular formula is C19H20N4O. The number of fused-ring (bicyclic) bond motifs is 2. The van der Waals surface area contributed by atoms with Gasteiger partial charge in [0.1, 0.15) is 5.65 Å². The molecule has 4 N–H and O–H groups in total. The molecule has 0 spiro atoms. The number of aromatic nitrogens is 2. The van der Waals surface area contributed by atoms with E-state index in [1.807, 2.05) is 31.3 Å². The average molecular weight is 320 g/mol. The van der Waals surface area contributed by atoms with Gasteiger partial charge >= 0.3 is 0 Å². The van der Waals surface area contributed by atoms with Gasteiger partial charge in [0.15, 0.2) is 0 Å². The van der Waals surface area contributed by atoms with Crippen LogP contribution in [0.15, 0.2) is 36.7 Å². The number of hydrogen-bond acceptors (Lipinski definition) is 3. The van der Waals surface area contributed by atoms with Gasteiger partial charge in [0, 0.05) is 29.4 Å². The number of nitrogens with zero attached hydrogens (tertiary/aromatic N) is 1. The number of hydrogen-bond donors (Lipinski definition) is 3. The average Bonchev–Trinajstić information content (AvgIpc) is 3.05. The van der Waals surface area contributed by atoms with E-state index in [9.17, 15) is 4.79 Å². The van der Waals surface area contributed by atoms with E-state index in [2.05, 4.69) is 21.4 Å². The summed E-state index contributed by atoms with van der Waals surface area (Å²) in [6.45, 7) is 1.97. The fourth-order valence-corrected chi connectivity index (χ4v) is 3.51. The minimum atomic E-state index is -0.0943. The highest BCUT2D eigenvalue weighted by atomic mass is 16.1. The van der Waals surface area contributed by atoms with Crippen LogP contribution in [0.1, 0.15) is 45.9 Å². The van der Waals surface area contributed by atoms with Crippen LogP contribution in [0.4, 0.5) is 5.69 Å². The molecule has 1 atom stereocenters. The molecule has 1 amide bonds. The highest BCUT2D eigenvalue weighted by Gasteiger charge is 2.20. The lowest BCUT2D eigenvalue weighted by Crippen LogP contribution is -2.20. The molecule has 0 aliphatic heterocycles. The highest BCUT2D eigenvalue weighted by molar-refractivity contribution is 6.09. The van der Waals surface area contributed by atoms with Crippen LogP contribution < -0.4 is 11.1 Å². The van der Waals surface area contributed by atoms with E-state index in [0.29, 0.717) is 5.56 Å². The number of rotatable bonds is 2. The van der Waals surface area contributed by atoms with E-state index in [1.54, 1.807) is 6.20 Å². The Bertz CT molecular complexity index is 928. The number of nitrogens with two attached hydrogens (primary N) is 1. The van der Waals surface area contributed by atoms with Gasteiger partial charge in [0.05, 0.1) is 5.69 Å². The molecule has 0 fully saturated rings. The summed E-state index contributed by atoms with van der Waals surface area (Å²) in [4.78, 5) is 20.1. The first-order valence-corrected chi connectivity index (χ1v) is 8.26. The van der Waals surface area contributed by atoms with Crippen molar-refractivity contribution < 1.29 is 4.79 Å². The van der Waals surface area contributed by atoms with Gasteiger partial charge in [-0.25, -0.2) is 4.98 Å². The highest BCUT2D eigenvalue weighted by Crippen LogP contribution is 2.31. The van der Waals surface area contributed by atoms with Gasteiger partial charge in [-0.3, -0.25) is 4.79 Å². The van der Waals surface area contributed by atoms with Crippen LogP contribution in [0.3, 0.4) is 0 Å². The summed E-state index contributed by atoms with van der Waals surface area (Å²) >= 11 is 0. The number of H-pyrrole nitrogens is 1. The first kappa shape index (κ1) is 14.9. The summed E-state index contributed by atoms with van der Waals surface area (Å²) in [6, 6.07) is 7.90. The molecule has 1 aromatic carbocycles. The van der Waals surface area contributed by atoms with Crippen molar-refractivity contribution in [2.75, 3.05) is 5.32 Å². The van der Waals surface area contributed by atoms with E-state index in [0.717, 1.165) is 41.5 Å². The third kappa shape index (κ3) is 2.47. The summed E-state index contributed by atoms with van der Waals surface area (Å²) < 4.78 is 0. The third-order valence-corrected chi connectivity index (χ3v) is 4.80. The minimum absolute atomic E-state index is 0.0873. The van der Waals surface area contributed by atoms with Gasteiger partial charge in [-0.2, -0.15) is 0 Å². The van der Waals surface area contributed by atoms with Gasteiger partial charge in [0.2, 0.25) is 0 Å². The van der Waals surface area contributed by atoms with E-state index in [4.69, 9.17) is 5.73 Å². The minimum Gasteiger partial charge on any atom is -0.346 e. The number of carbonyl (C=O) groups is 1. The van der Waals surface area contributed by atoms with E-state index < -0.39 is 0 Å². The first-order valence-electron chi connectivity index (χ1n) is 8.26. The summed E-state index contributed by atoms with van der Waals surface area (Å²) in [7, 11) is 0. The van der Waals surface area contributed by atoms with E-state index >= 15 is 0 Å². The monoisotopic (exact) mass is 320 g/mol. The number of aromatic amines is 1. The van der Waals surface area contributed by atoms with Crippen LogP contribution in [-0.4, -0.2) is 15.9 Å². The number of aryl methyl sites for hydroxylation is 2. The molecule has 0 radical (unpaired) electrons. The lowest BCUT2D eigenvalue weighted by Gasteiger charge is -2.24. The van der Waals surface area contributed by atoms with Crippen molar-refractivity contribution in [1.29, 1.82) is 0 Å². The predicted octanol–water partition coefficient (Wildman–Crippen LogP) is 3.46. The fraction of sp³-hybridized carbons (Fsp3) is 0.263. The molecule has 4 rings (SSSR count). The molecule has 0 saturated heterocycles. The van der Waals surface area contributed by atoms with Crippen LogP contribution in [0.25, 0.3) is 11.0 Å². The fourth-order valence-electron chi connectivity index (χ4n) is 3.51. The van der Waals surface area contributed by atoms with Gasteiger partial charge in [-0.1, -0.05) is 6.07 Å². The van der Waals surface area contributed by atoms with Crippen molar-refractivity contribution in [2.24, 2.45) is 5.73 Å². The summed E-state index contributed by atoms with van der Waals surface area (Å²) in [5, 5.41) is 3.92. The number of nitrogens with one attached hydrogen (secondary N) is 2. The molecular weight excluding hydrogens is 300 g/mol. The Morgan fingerprint density at radius 1 is 1.38 bits per heavy atom. The molecule has 2 aromatic heterocycles. The van der Waals surface area contributed by atoms with E-state index in [1.165, 1.54) is 11.1 Å². The third-order valence-electron chi connectivity index (χ3n) is 4.80. The zero-order valence-electron chi connectivity index (χ0n) is 13.6. The Kier molecular flexibility index (Phi) is 3.58. The van der Waals surface area contributed by atoms with Crippen LogP contribution in [0, 0.1) is 6.92 Å². The van der Waals surface area contributed by atoms with Crippen molar-refractivity contribution in [3.63, 3.8) is 0 Å². The first-order chi connectivity index (χ1) is 11.6. The molecule has 2 heterocycles. The van der Waals surface area contributed by atoms with Crippen molar-refractivity contribution in [2.45, 2.75) is 32.2 Å². The summed E-state index contributed by atoms with van der Waals surface area (Å²) in [5.74, 6) is -0.0943. The quantitative estimate of drug-likeness (QED) is 0.676. The lowest BCUT2D eigenvalue weighted by molar-refractivity contribution is 0.102. The maximum atomic E-state index is 12.8. The second-order valence-corrected chi connectivity index (χ2v) is 6.42. The van der Waals surface area contributed by atoms with Gasteiger partial charge in [-0.15, -0.1) is 0 Å². The molecule has 24 heavy (non-hydrogen) atoms. The molecule has 5 nitrogen and oxygen atoms in total. The Morgan fingerprint density at radius 2 is 2.25 bits per heavy atom. The van der Waals surface area contributed by atoms with E-state index in [-0.39, 0.29) is 11.9 Å². The Hall–Kier alpha value is -2.66. The van der Waals surface area contributed by atoms with Crippen LogP contribution in [-0.2, 0) is 6.42 Å².